The molecule has 0 radical (unpaired) electrons. The van der Waals surface area contributed by atoms with Crippen molar-refractivity contribution in [2.45, 2.75) is 6.92 Å². The number of aryl methyl sites for hydroxylation is 1. The Kier molecular flexibility index (Phi) is 3.08. The van der Waals surface area contributed by atoms with Gasteiger partial charge in [-0.1, -0.05) is 48.2 Å². The zero-order valence-corrected chi connectivity index (χ0v) is 11.8. The lowest BCUT2D eigenvalue weighted by Gasteiger charge is -2.02. The SMILES string of the molecule is Cc1cccc2ccc(/C=C3\SC(=S)NC3=O)nc12. The van der Waals surface area contributed by atoms with Crippen molar-refractivity contribution in [3.05, 3.63) is 46.5 Å². The zero-order chi connectivity index (χ0) is 13.4. The van der Waals surface area contributed by atoms with Crippen LogP contribution >= 0.6 is 24.0 Å². The third-order valence-electron chi connectivity index (χ3n) is 2.86. The van der Waals surface area contributed by atoms with E-state index in [1.807, 2.05) is 37.3 Å². The molecular formula is C14H10N2OS2. The number of nitrogens with zero attached hydrogens (tertiary/aromatic N) is 1. The number of pyridine rings is 1. The molecule has 0 saturated carbocycles. The average Bonchev–Trinajstić information content (AvgIpc) is 2.69. The van der Waals surface area contributed by atoms with Gasteiger partial charge < -0.3 is 5.32 Å². The molecule has 1 aromatic heterocycles. The second-order valence-corrected chi connectivity index (χ2v) is 5.95. The highest BCUT2D eigenvalue weighted by Gasteiger charge is 2.22. The van der Waals surface area contributed by atoms with Crippen LogP contribution in [0.1, 0.15) is 11.3 Å². The number of fused-ring (bicyclic) bond motifs is 1. The summed E-state index contributed by atoms with van der Waals surface area (Å²) in [6.07, 6.45) is 1.77. The van der Waals surface area contributed by atoms with Crippen molar-refractivity contribution in [2.75, 3.05) is 0 Å². The van der Waals surface area contributed by atoms with Crippen LogP contribution in [0, 0.1) is 6.92 Å². The molecule has 0 spiro atoms. The van der Waals surface area contributed by atoms with E-state index in [4.69, 9.17) is 12.2 Å². The molecule has 1 aromatic carbocycles. The summed E-state index contributed by atoms with van der Waals surface area (Å²) in [6, 6.07) is 9.98. The van der Waals surface area contributed by atoms with Gasteiger partial charge in [-0.25, -0.2) is 4.98 Å². The Morgan fingerprint density at radius 1 is 1.32 bits per heavy atom. The highest BCUT2D eigenvalue weighted by molar-refractivity contribution is 8.26. The van der Waals surface area contributed by atoms with Gasteiger partial charge in [-0.2, -0.15) is 0 Å². The number of hydrogen-bond donors (Lipinski definition) is 1. The summed E-state index contributed by atoms with van der Waals surface area (Å²) in [5.41, 5.74) is 2.85. The number of rotatable bonds is 1. The van der Waals surface area contributed by atoms with Crippen LogP contribution in [0.3, 0.4) is 0 Å². The lowest BCUT2D eigenvalue weighted by Crippen LogP contribution is -2.17. The molecular weight excluding hydrogens is 276 g/mol. The molecule has 1 aliphatic rings. The van der Waals surface area contributed by atoms with Gasteiger partial charge >= 0.3 is 0 Å². The van der Waals surface area contributed by atoms with Gasteiger partial charge in [-0.05, 0) is 24.6 Å². The number of thioether (sulfide) groups is 1. The third-order valence-corrected chi connectivity index (χ3v) is 4.03. The van der Waals surface area contributed by atoms with E-state index in [2.05, 4.69) is 10.3 Å². The van der Waals surface area contributed by atoms with E-state index in [1.165, 1.54) is 11.8 Å². The summed E-state index contributed by atoms with van der Waals surface area (Å²) in [5.74, 6) is -0.151. The Bertz CT molecular complexity index is 737. The monoisotopic (exact) mass is 286 g/mol. The lowest BCUT2D eigenvalue weighted by molar-refractivity contribution is -0.115. The van der Waals surface area contributed by atoms with Crippen molar-refractivity contribution in [1.82, 2.24) is 10.3 Å². The minimum atomic E-state index is -0.151. The number of carbonyl (C=O) groups is 1. The highest BCUT2D eigenvalue weighted by atomic mass is 32.2. The molecule has 5 heteroatoms. The number of thiocarbonyl (C=S) groups is 1. The van der Waals surface area contributed by atoms with Crippen molar-refractivity contribution < 1.29 is 4.79 Å². The van der Waals surface area contributed by atoms with Gasteiger partial charge in [-0.15, -0.1) is 0 Å². The summed E-state index contributed by atoms with van der Waals surface area (Å²) in [4.78, 5) is 16.8. The van der Waals surface area contributed by atoms with E-state index in [0.29, 0.717) is 9.23 Å². The fraction of sp³-hybridized carbons (Fsp3) is 0.0714. The zero-order valence-electron chi connectivity index (χ0n) is 10.1. The van der Waals surface area contributed by atoms with Crippen LogP contribution in [-0.2, 0) is 4.79 Å². The first kappa shape index (κ1) is 12.3. The predicted molar refractivity (Wildman–Crippen MR) is 82.8 cm³/mol. The first-order chi connectivity index (χ1) is 9.13. The Labute approximate surface area is 120 Å². The van der Waals surface area contributed by atoms with E-state index < -0.39 is 0 Å². The van der Waals surface area contributed by atoms with E-state index >= 15 is 0 Å². The normalized spacial score (nSPS) is 17.2. The summed E-state index contributed by atoms with van der Waals surface area (Å²) < 4.78 is 0.494. The Balaban J connectivity index is 2.07. The number of para-hydroxylation sites is 1. The molecule has 0 unspecified atom stereocenters. The molecule has 94 valence electrons. The fourth-order valence-corrected chi connectivity index (χ4v) is 2.98. The minimum absolute atomic E-state index is 0.151. The average molecular weight is 286 g/mol. The van der Waals surface area contributed by atoms with Crippen LogP contribution in [0.5, 0.6) is 0 Å². The summed E-state index contributed by atoms with van der Waals surface area (Å²) in [6.45, 7) is 2.03. The number of benzene rings is 1. The standard InChI is InChI=1S/C14H10N2OS2/c1-8-3-2-4-9-5-6-10(15-12(8)9)7-11-13(17)16-14(18)19-11/h2-7H,1H3,(H,16,17,18)/b11-7-. The smallest absolute Gasteiger partial charge is 0.263 e. The second kappa shape index (κ2) is 4.75. The predicted octanol–water partition coefficient (Wildman–Crippen LogP) is 3.03. The van der Waals surface area contributed by atoms with Crippen LogP contribution < -0.4 is 5.32 Å². The van der Waals surface area contributed by atoms with Crippen molar-refractivity contribution in [2.24, 2.45) is 0 Å². The molecule has 3 rings (SSSR count). The topological polar surface area (TPSA) is 42.0 Å². The molecule has 1 amide bonds. The van der Waals surface area contributed by atoms with E-state index in [-0.39, 0.29) is 5.91 Å². The third kappa shape index (κ3) is 2.39. The van der Waals surface area contributed by atoms with E-state index in [0.717, 1.165) is 22.2 Å². The lowest BCUT2D eigenvalue weighted by atomic mass is 10.1. The molecule has 2 aromatic rings. The molecule has 0 aliphatic carbocycles. The molecule has 1 aliphatic heterocycles. The number of amides is 1. The number of hydrogen-bond acceptors (Lipinski definition) is 4. The summed E-state index contributed by atoms with van der Waals surface area (Å²) in [5, 5.41) is 3.69. The fourth-order valence-electron chi connectivity index (χ4n) is 1.95. The quantitative estimate of drug-likeness (QED) is 0.646. The number of aromatic nitrogens is 1. The van der Waals surface area contributed by atoms with Crippen molar-refractivity contribution >= 4 is 51.2 Å². The van der Waals surface area contributed by atoms with Gasteiger partial charge in [0.1, 0.15) is 4.32 Å². The van der Waals surface area contributed by atoms with Crippen LogP contribution in [0.15, 0.2) is 35.2 Å². The van der Waals surface area contributed by atoms with Gasteiger partial charge in [0.2, 0.25) is 0 Å². The maximum atomic E-state index is 11.6. The molecule has 0 atom stereocenters. The minimum Gasteiger partial charge on any atom is -0.307 e. The van der Waals surface area contributed by atoms with Gasteiger partial charge in [-0.3, -0.25) is 4.79 Å². The van der Waals surface area contributed by atoms with Crippen molar-refractivity contribution in [3.8, 4) is 0 Å². The Morgan fingerprint density at radius 2 is 2.16 bits per heavy atom. The molecule has 1 saturated heterocycles. The number of carbonyl (C=O) groups excluding carboxylic acids is 1. The Hall–Kier alpha value is -1.72. The van der Waals surface area contributed by atoms with E-state index in [1.54, 1.807) is 6.08 Å². The summed E-state index contributed by atoms with van der Waals surface area (Å²) >= 11 is 6.23. The molecule has 1 N–H and O–H groups in total. The van der Waals surface area contributed by atoms with Crippen molar-refractivity contribution in [3.63, 3.8) is 0 Å². The van der Waals surface area contributed by atoms with Crippen LogP contribution in [0.2, 0.25) is 0 Å². The van der Waals surface area contributed by atoms with Crippen molar-refractivity contribution in [1.29, 1.82) is 0 Å². The molecule has 19 heavy (non-hydrogen) atoms. The second-order valence-electron chi connectivity index (χ2n) is 4.23. The van der Waals surface area contributed by atoms with Gasteiger partial charge in [0.05, 0.1) is 16.1 Å². The maximum Gasteiger partial charge on any atom is 0.263 e. The first-order valence-corrected chi connectivity index (χ1v) is 6.97. The Morgan fingerprint density at radius 3 is 2.89 bits per heavy atom. The van der Waals surface area contributed by atoms with Crippen LogP contribution in [-0.4, -0.2) is 15.2 Å². The molecule has 0 bridgehead atoms. The molecule has 1 fully saturated rings. The molecule has 2 heterocycles. The van der Waals surface area contributed by atoms with Gasteiger partial charge in [0.25, 0.3) is 5.91 Å². The van der Waals surface area contributed by atoms with Crippen LogP contribution in [0.4, 0.5) is 0 Å². The van der Waals surface area contributed by atoms with Gasteiger partial charge in [0.15, 0.2) is 0 Å². The maximum absolute atomic E-state index is 11.6. The van der Waals surface area contributed by atoms with Crippen LogP contribution in [0.25, 0.3) is 17.0 Å². The number of nitrogens with one attached hydrogen (secondary N) is 1. The summed E-state index contributed by atoms with van der Waals surface area (Å²) in [7, 11) is 0. The highest BCUT2D eigenvalue weighted by Crippen LogP contribution is 2.26. The largest absolute Gasteiger partial charge is 0.307 e. The first-order valence-electron chi connectivity index (χ1n) is 5.75. The van der Waals surface area contributed by atoms with Gasteiger partial charge in [0, 0.05) is 5.39 Å². The molecule has 3 nitrogen and oxygen atoms in total. The van der Waals surface area contributed by atoms with E-state index in [9.17, 15) is 4.79 Å².